The van der Waals surface area contributed by atoms with Gasteiger partial charge in [0, 0.05) is 42.8 Å². The predicted molar refractivity (Wildman–Crippen MR) is 102 cm³/mol. The van der Waals surface area contributed by atoms with E-state index in [0.29, 0.717) is 25.4 Å². The second kappa shape index (κ2) is 7.86. The van der Waals surface area contributed by atoms with E-state index in [9.17, 15) is 4.79 Å². The van der Waals surface area contributed by atoms with Gasteiger partial charge in [-0.3, -0.25) is 4.79 Å². The number of rotatable bonds is 4. The lowest BCUT2D eigenvalue weighted by molar-refractivity contribution is -0.114. The Morgan fingerprint density at radius 3 is 2.92 bits per heavy atom. The topological polar surface area (TPSA) is 42.1 Å². The fraction of sp³-hybridized carbons (Fsp3) is 0.400. The average molecular weight is 341 g/mol. The zero-order chi connectivity index (χ0) is 16.9. The first-order valence-corrected chi connectivity index (χ1v) is 8.91. The first-order chi connectivity index (χ1) is 11.7. The van der Waals surface area contributed by atoms with Crippen molar-refractivity contribution in [2.75, 3.05) is 13.7 Å². The average Bonchev–Trinajstić information content (AvgIpc) is 3.03. The molecule has 1 atom stereocenters. The van der Waals surface area contributed by atoms with E-state index in [2.05, 4.69) is 17.1 Å². The van der Waals surface area contributed by atoms with Crippen LogP contribution in [0.25, 0.3) is 16.5 Å². The molecule has 0 spiro atoms. The number of aromatic amines is 1. The molecular weight excluding hydrogens is 318 g/mol. The summed E-state index contributed by atoms with van der Waals surface area (Å²) in [4.78, 5) is 16.7. The molecule has 1 aromatic carbocycles. The molecule has 4 heteroatoms. The van der Waals surface area contributed by atoms with E-state index >= 15 is 0 Å². The molecule has 0 fully saturated rings. The first-order valence-electron chi connectivity index (χ1n) is 8.50. The number of aromatic nitrogens is 1. The molecule has 0 bridgehead atoms. The molecule has 0 aliphatic heterocycles. The molecule has 3 rings (SSSR count). The van der Waals surface area contributed by atoms with Gasteiger partial charge in [-0.05, 0) is 54.2 Å². The summed E-state index contributed by atoms with van der Waals surface area (Å²) in [7, 11) is 1.72. The van der Waals surface area contributed by atoms with Gasteiger partial charge in [0.2, 0.25) is 0 Å². The number of H-pyrrole nitrogens is 1. The minimum Gasteiger partial charge on any atom is -0.385 e. The van der Waals surface area contributed by atoms with E-state index in [1.165, 1.54) is 5.39 Å². The maximum atomic E-state index is 12.3. The summed E-state index contributed by atoms with van der Waals surface area (Å²) in [6.07, 6.45) is 7.84. The van der Waals surface area contributed by atoms with Crippen molar-refractivity contribution >= 4 is 39.3 Å². The van der Waals surface area contributed by atoms with Crippen LogP contribution in [0.15, 0.2) is 36.5 Å². The van der Waals surface area contributed by atoms with Gasteiger partial charge >= 0.3 is 0 Å². The normalized spacial score (nSPS) is 19.7. The number of carbonyl (C=O) groups excluding carboxylic acids is 1. The third-order valence-corrected chi connectivity index (χ3v) is 5.31. The van der Waals surface area contributed by atoms with Crippen LogP contribution in [-0.4, -0.2) is 29.3 Å². The van der Waals surface area contributed by atoms with Gasteiger partial charge in [0.1, 0.15) is 0 Å². The van der Waals surface area contributed by atoms with Crippen LogP contribution in [0, 0.1) is 5.92 Å². The Morgan fingerprint density at radius 2 is 2.08 bits per heavy atom. The molecule has 0 saturated carbocycles. The Bertz CT molecular complexity index is 775. The number of fused-ring (bicyclic) bond motifs is 1. The lowest BCUT2D eigenvalue weighted by Gasteiger charge is -2.17. The predicted octanol–water partition coefficient (Wildman–Crippen LogP) is 4.72. The number of nitrogens with one attached hydrogen (secondary N) is 1. The van der Waals surface area contributed by atoms with E-state index in [4.69, 9.17) is 17.0 Å². The van der Waals surface area contributed by atoms with Gasteiger partial charge in [-0.2, -0.15) is 0 Å². The minimum atomic E-state index is 0.171. The van der Waals surface area contributed by atoms with Crippen molar-refractivity contribution in [1.82, 2.24) is 4.98 Å². The molecular formula is C20H23NO2S. The Hall–Kier alpha value is -1.78. The number of hydrogen-bond acceptors (Lipinski definition) is 3. The highest BCUT2D eigenvalue weighted by Gasteiger charge is 2.20. The lowest BCUT2D eigenvalue weighted by Crippen LogP contribution is -2.15. The van der Waals surface area contributed by atoms with Crippen LogP contribution in [0.5, 0.6) is 0 Å². The molecule has 0 amide bonds. The first kappa shape index (κ1) is 17.1. The highest BCUT2D eigenvalue weighted by molar-refractivity contribution is 7.80. The maximum Gasteiger partial charge on any atom is 0.156 e. The van der Waals surface area contributed by atoms with Gasteiger partial charge in [0.05, 0.1) is 0 Å². The summed E-state index contributed by atoms with van der Waals surface area (Å²) < 4.78 is 5.23. The number of para-hydroxylation sites is 1. The fourth-order valence-corrected chi connectivity index (χ4v) is 3.73. The monoisotopic (exact) mass is 341 g/mol. The third-order valence-electron chi connectivity index (χ3n) is 4.78. The van der Waals surface area contributed by atoms with Crippen LogP contribution in [0.3, 0.4) is 0 Å². The molecule has 0 saturated heterocycles. The van der Waals surface area contributed by atoms with Gasteiger partial charge in [0.25, 0.3) is 0 Å². The molecule has 1 aliphatic rings. The van der Waals surface area contributed by atoms with Crippen LogP contribution >= 0.6 is 12.2 Å². The number of ether oxygens (including phenoxy) is 1. The summed E-state index contributed by atoms with van der Waals surface area (Å²) in [5, 5.41) is 1.17. The SMILES string of the molecule is COCCC1CCC(c2c[nH]c3ccccc23)=CC(=O)CCC1=S. The summed E-state index contributed by atoms with van der Waals surface area (Å²) in [6.45, 7) is 0.713. The second-order valence-corrected chi connectivity index (χ2v) is 6.89. The van der Waals surface area contributed by atoms with Crippen molar-refractivity contribution in [2.45, 2.75) is 32.1 Å². The third kappa shape index (κ3) is 3.82. The molecule has 1 unspecified atom stereocenters. The number of benzene rings is 1. The van der Waals surface area contributed by atoms with Crippen molar-refractivity contribution in [3.05, 3.63) is 42.1 Å². The highest BCUT2D eigenvalue weighted by Crippen LogP contribution is 2.31. The fourth-order valence-electron chi connectivity index (χ4n) is 3.39. The van der Waals surface area contributed by atoms with Crippen LogP contribution in [0.4, 0.5) is 0 Å². The van der Waals surface area contributed by atoms with Crippen molar-refractivity contribution in [3.8, 4) is 0 Å². The molecule has 1 heterocycles. The molecule has 126 valence electrons. The van der Waals surface area contributed by atoms with Gasteiger partial charge in [-0.1, -0.05) is 30.4 Å². The molecule has 2 aromatic rings. The Balaban J connectivity index is 1.89. The summed E-state index contributed by atoms with van der Waals surface area (Å²) in [5.74, 6) is 0.518. The van der Waals surface area contributed by atoms with E-state index in [1.54, 1.807) is 7.11 Å². The van der Waals surface area contributed by atoms with Gasteiger partial charge in [-0.25, -0.2) is 0 Å². The second-order valence-electron chi connectivity index (χ2n) is 6.37. The molecule has 1 aliphatic carbocycles. The van der Waals surface area contributed by atoms with E-state index < -0.39 is 0 Å². The summed E-state index contributed by atoms with van der Waals surface area (Å²) in [6, 6.07) is 8.22. The number of allylic oxidation sites excluding steroid dienone is 2. The van der Waals surface area contributed by atoms with Crippen LogP contribution in [0.2, 0.25) is 0 Å². The van der Waals surface area contributed by atoms with Crippen LogP contribution in [-0.2, 0) is 9.53 Å². The van der Waals surface area contributed by atoms with Gasteiger partial charge in [0.15, 0.2) is 5.78 Å². The Kier molecular flexibility index (Phi) is 5.59. The Labute approximate surface area is 148 Å². The Morgan fingerprint density at radius 1 is 1.25 bits per heavy atom. The van der Waals surface area contributed by atoms with E-state index in [1.807, 2.05) is 24.4 Å². The zero-order valence-corrected chi connectivity index (χ0v) is 14.8. The van der Waals surface area contributed by atoms with Crippen molar-refractivity contribution in [2.24, 2.45) is 5.92 Å². The smallest absolute Gasteiger partial charge is 0.156 e. The summed E-state index contributed by atoms with van der Waals surface area (Å²) >= 11 is 5.58. The van der Waals surface area contributed by atoms with Crippen molar-refractivity contribution in [3.63, 3.8) is 0 Å². The standard InChI is InChI=1S/C20H23NO2S/c1-23-11-10-14-6-7-15(12-16(22)8-9-20(14)24)18-13-21-19-5-3-2-4-17(18)19/h2-5,12-14,21H,6-11H2,1H3. The number of carbonyl (C=O) groups is 1. The van der Waals surface area contributed by atoms with Gasteiger partial charge < -0.3 is 9.72 Å². The number of hydrogen-bond donors (Lipinski definition) is 1. The number of ketones is 1. The molecule has 0 radical (unpaired) electrons. The molecule has 3 nitrogen and oxygen atoms in total. The van der Waals surface area contributed by atoms with E-state index in [0.717, 1.165) is 40.8 Å². The summed E-state index contributed by atoms with van der Waals surface area (Å²) in [5.41, 5.74) is 3.36. The van der Waals surface area contributed by atoms with Gasteiger partial charge in [-0.15, -0.1) is 0 Å². The van der Waals surface area contributed by atoms with Crippen LogP contribution < -0.4 is 0 Å². The number of thiocarbonyl (C=S) groups is 1. The van der Waals surface area contributed by atoms with Crippen LogP contribution in [0.1, 0.15) is 37.7 Å². The van der Waals surface area contributed by atoms with E-state index in [-0.39, 0.29) is 5.78 Å². The maximum absolute atomic E-state index is 12.3. The number of methoxy groups -OCH3 is 1. The largest absolute Gasteiger partial charge is 0.385 e. The molecule has 24 heavy (non-hydrogen) atoms. The zero-order valence-electron chi connectivity index (χ0n) is 14.0. The highest BCUT2D eigenvalue weighted by atomic mass is 32.1. The van der Waals surface area contributed by atoms with Crippen molar-refractivity contribution in [1.29, 1.82) is 0 Å². The molecule has 1 N–H and O–H groups in total. The molecule has 1 aromatic heterocycles. The van der Waals surface area contributed by atoms with Crippen molar-refractivity contribution < 1.29 is 9.53 Å². The lowest BCUT2D eigenvalue weighted by atomic mass is 9.91. The minimum absolute atomic E-state index is 0.171. The quantitative estimate of drug-likeness (QED) is 0.818.